The summed E-state index contributed by atoms with van der Waals surface area (Å²) < 4.78 is 1.96. The number of carbonyl (C=O) groups is 3. The average Bonchev–Trinajstić information content (AvgIpc) is 3.26. The summed E-state index contributed by atoms with van der Waals surface area (Å²) in [6, 6.07) is 10.1. The van der Waals surface area contributed by atoms with E-state index in [0.29, 0.717) is 0 Å². The van der Waals surface area contributed by atoms with E-state index in [2.05, 4.69) is 31.3 Å². The number of nitrogens with zero attached hydrogens (tertiary/aromatic N) is 3. The smallest absolute Gasteiger partial charge is 0.288 e. The first-order valence-corrected chi connectivity index (χ1v) is 11.1. The van der Waals surface area contributed by atoms with Crippen LogP contribution in [0.5, 0.6) is 0 Å². The molecule has 1 fully saturated rings. The number of hydrogen-bond acceptors (Lipinski definition) is 5. The number of carbonyl (C=O) groups excluding carboxylic acids is 3. The second-order valence-electron chi connectivity index (χ2n) is 7.72. The van der Waals surface area contributed by atoms with Crippen LogP contribution in [0.4, 0.5) is 4.79 Å². The van der Waals surface area contributed by atoms with E-state index in [1.54, 1.807) is 0 Å². The van der Waals surface area contributed by atoms with Gasteiger partial charge in [-0.15, -0.1) is 0 Å². The van der Waals surface area contributed by atoms with Crippen LogP contribution in [0, 0.1) is 20.8 Å². The molecular weight excluding hydrogens is 412 g/mol. The van der Waals surface area contributed by atoms with E-state index in [1.807, 2.05) is 35.7 Å². The SMILES string of the molecule is Cc1ccc(-c2nc3c(C)cccn3c2CC(=O)NCCN2C(=O)CSC2=O)cc1C. The van der Waals surface area contributed by atoms with Gasteiger partial charge < -0.3 is 9.72 Å². The highest BCUT2D eigenvalue weighted by Crippen LogP contribution is 2.28. The minimum Gasteiger partial charge on any atom is -0.354 e. The largest absolute Gasteiger partial charge is 0.354 e. The van der Waals surface area contributed by atoms with Gasteiger partial charge in [0.1, 0.15) is 5.65 Å². The molecule has 3 amide bonds. The van der Waals surface area contributed by atoms with Gasteiger partial charge in [-0.3, -0.25) is 19.3 Å². The third-order valence-electron chi connectivity index (χ3n) is 5.55. The van der Waals surface area contributed by atoms with E-state index in [4.69, 9.17) is 4.98 Å². The van der Waals surface area contributed by atoms with Gasteiger partial charge in [-0.2, -0.15) is 0 Å². The number of imide groups is 1. The zero-order chi connectivity index (χ0) is 22.1. The van der Waals surface area contributed by atoms with Crippen LogP contribution in [0.15, 0.2) is 36.5 Å². The van der Waals surface area contributed by atoms with Crippen LogP contribution in [0.2, 0.25) is 0 Å². The van der Waals surface area contributed by atoms with Crippen molar-refractivity contribution >= 4 is 34.5 Å². The van der Waals surface area contributed by atoms with Crippen LogP contribution in [-0.4, -0.2) is 50.2 Å². The van der Waals surface area contributed by atoms with Crippen molar-refractivity contribution in [3.8, 4) is 11.3 Å². The molecule has 2 aromatic heterocycles. The summed E-state index contributed by atoms with van der Waals surface area (Å²) in [6.45, 7) is 6.54. The van der Waals surface area contributed by atoms with Crippen molar-refractivity contribution in [1.29, 1.82) is 0 Å². The summed E-state index contributed by atoms with van der Waals surface area (Å²) >= 11 is 0.994. The second kappa shape index (κ2) is 8.55. The van der Waals surface area contributed by atoms with E-state index < -0.39 is 0 Å². The molecule has 4 rings (SSSR count). The number of rotatable bonds is 6. The highest BCUT2D eigenvalue weighted by atomic mass is 32.2. The van der Waals surface area contributed by atoms with E-state index >= 15 is 0 Å². The van der Waals surface area contributed by atoms with Gasteiger partial charge in [0, 0.05) is 24.8 Å². The summed E-state index contributed by atoms with van der Waals surface area (Å²) in [5.41, 5.74) is 6.79. The predicted molar refractivity (Wildman–Crippen MR) is 121 cm³/mol. The van der Waals surface area contributed by atoms with Gasteiger partial charge >= 0.3 is 0 Å². The Bertz CT molecular complexity index is 1180. The van der Waals surface area contributed by atoms with Crippen molar-refractivity contribution < 1.29 is 14.4 Å². The van der Waals surface area contributed by atoms with Crippen molar-refractivity contribution in [3.05, 3.63) is 58.9 Å². The van der Waals surface area contributed by atoms with E-state index in [-0.39, 0.29) is 42.3 Å². The third kappa shape index (κ3) is 4.20. The van der Waals surface area contributed by atoms with Gasteiger partial charge in [0.05, 0.1) is 23.6 Å². The topological polar surface area (TPSA) is 83.8 Å². The summed E-state index contributed by atoms with van der Waals surface area (Å²) in [5.74, 6) is -0.216. The number of pyridine rings is 1. The van der Waals surface area contributed by atoms with Gasteiger partial charge in [0.15, 0.2) is 0 Å². The number of thioether (sulfide) groups is 1. The summed E-state index contributed by atoms with van der Waals surface area (Å²) in [6.07, 6.45) is 2.06. The van der Waals surface area contributed by atoms with Crippen molar-refractivity contribution in [2.24, 2.45) is 0 Å². The van der Waals surface area contributed by atoms with Crippen molar-refractivity contribution in [2.45, 2.75) is 27.2 Å². The molecule has 0 atom stereocenters. The Balaban J connectivity index is 1.58. The highest BCUT2D eigenvalue weighted by molar-refractivity contribution is 8.14. The molecule has 7 nitrogen and oxygen atoms in total. The van der Waals surface area contributed by atoms with Crippen LogP contribution < -0.4 is 5.32 Å². The average molecular weight is 437 g/mol. The summed E-state index contributed by atoms with van der Waals surface area (Å²) in [5, 5.41) is 2.58. The van der Waals surface area contributed by atoms with Crippen molar-refractivity contribution in [2.75, 3.05) is 18.8 Å². The Hall–Kier alpha value is -3.13. The molecule has 0 radical (unpaired) electrons. The minimum absolute atomic E-state index is 0.142. The van der Waals surface area contributed by atoms with E-state index in [1.165, 1.54) is 16.0 Å². The Labute approximate surface area is 184 Å². The first-order valence-electron chi connectivity index (χ1n) is 10.1. The lowest BCUT2D eigenvalue weighted by molar-refractivity contribution is -0.125. The second-order valence-corrected chi connectivity index (χ2v) is 8.64. The lowest BCUT2D eigenvalue weighted by atomic mass is 10.0. The van der Waals surface area contributed by atoms with Gasteiger partial charge in [0.2, 0.25) is 11.8 Å². The molecule has 160 valence electrons. The number of fused-ring (bicyclic) bond motifs is 1. The molecule has 3 aromatic rings. The zero-order valence-corrected chi connectivity index (χ0v) is 18.6. The summed E-state index contributed by atoms with van der Waals surface area (Å²) in [4.78, 5) is 42.2. The van der Waals surface area contributed by atoms with Gasteiger partial charge in [-0.25, -0.2) is 4.98 Å². The van der Waals surface area contributed by atoms with Crippen LogP contribution >= 0.6 is 11.8 Å². The minimum atomic E-state index is -0.256. The molecule has 0 spiro atoms. The number of nitrogens with one attached hydrogen (secondary N) is 1. The molecule has 0 saturated carbocycles. The van der Waals surface area contributed by atoms with Crippen LogP contribution in [0.25, 0.3) is 16.9 Å². The van der Waals surface area contributed by atoms with Gasteiger partial charge in [-0.1, -0.05) is 30.0 Å². The van der Waals surface area contributed by atoms with Crippen molar-refractivity contribution in [1.82, 2.24) is 19.6 Å². The van der Waals surface area contributed by atoms with Gasteiger partial charge in [-0.05, 0) is 49.6 Å². The highest BCUT2D eigenvalue weighted by Gasteiger charge is 2.29. The van der Waals surface area contributed by atoms with Crippen molar-refractivity contribution in [3.63, 3.8) is 0 Å². The number of aryl methyl sites for hydroxylation is 3. The van der Waals surface area contributed by atoms with Gasteiger partial charge in [0.25, 0.3) is 5.24 Å². The predicted octanol–water partition coefficient (Wildman–Crippen LogP) is 3.28. The molecule has 1 N–H and O–H groups in total. The molecule has 8 heteroatoms. The van der Waals surface area contributed by atoms with Crippen LogP contribution in [0.3, 0.4) is 0 Å². The fraction of sp³-hybridized carbons (Fsp3) is 0.304. The number of hydrogen-bond donors (Lipinski definition) is 1. The standard InChI is InChI=1S/C23H24N4O3S/c1-14-6-7-17(11-16(14)3)21-18(26-9-4-5-15(2)22(26)25-21)12-19(28)24-8-10-27-20(29)13-31-23(27)30/h4-7,9,11H,8,10,12-13H2,1-3H3,(H,24,28). The Morgan fingerprint density at radius 2 is 1.94 bits per heavy atom. The number of aromatic nitrogens is 2. The van der Waals surface area contributed by atoms with E-state index in [9.17, 15) is 14.4 Å². The maximum atomic E-state index is 12.7. The molecule has 0 bridgehead atoms. The summed E-state index contributed by atoms with van der Waals surface area (Å²) in [7, 11) is 0. The fourth-order valence-electron chi connectivity index (χ4n) is 3.66. The van der Waals surface area contributed by atoms with Crippen LogP contribution in [0.1, 0.15) is 22.4 Å². The molecule has 1 saturated heterocycles. The zero-order valence-electron chi connectivity index (χ0n) is 17.8. The first kappa shape index (κ1) is 21.1. The normalized spacial score (nSPS) is 14.0. The lowest BCUT2D eigenvalue weighted by Crippen LogP contribution is -2.38. The fourth-order valence-corrected chi connectivity index (χ4v) is 4.41. The first-order chi connectivity index (χ1) is 14.8. The maximum Gasteiger partial charge on any atom is 0.288 e. The number of benzene rings is 1. The monoisotopic (exact) mass is 436 g/mol. The van der Waals surface area contributed by atoms with E-state index in [0.717, 1.165) is 39.9 Å². The molecule has 1 aliphatic heterocycles. The molecule has 1 aromatic carbocycles. The lowest BCUT2D eigenvalue weighted by Gasteiger charge is -2.13. The molecule has 3 heterocycles. The third-order valence-corrected chi connectivity index (χ3v) is 6.41. The number of amides is 3. The molecule has 0 aliphatic carbocycles. The molecule has 31 heavy (non-hydrogen) atoms. The Morgan fingerprint density at radius 3 is 2.65 bits per heavy atom. The Kier molecular flexibility index (Phi) is 5.82. The Morgan fingerprint density at radius 1 is 1.13 bits per heavy atom. The molecular formula is C23H24N4O3S. The molecule has 1 aliphatic rings. The van der Waals surface area contributed by atoms with Crippen LogP contribution in [-0.2, 0) is 16.0 Å². The maximum absolute atomic E-state index is 12.7. The number of imidazole rings is 1. The molecule has 0 unspecified atom stereocenters. The quantitative estimate of drug-likeness (QED) is 0.641.